The van der Waals surface area contributed by atoms with E-state index in [0.29, 0.717) is 31.7 Å². The van der Waals surface area contributed by atoms with Gasteiger partial charge in [0.05, 0.1) is 13.0 Å². The minimum atomic E-state index is -4.26. The van der Waals surface area contributed by atoms with E-state index in [4.69, 9.17) is 0 Å². The average Bonchev–Trinajstić information content (AvgIpc) is 2.75. The summed E-state index contributed by atoms with van der Waals surface area (Å²) in [5.74, 6) is -2.38. The Kier molecular flexibility index (Phi) is 10.6. The van der Waals surface area contributed by atoms with Gasteiger partial charge in [0.1, 0.15) is 23.5 Å². The zero-order chi connectivity index (χ0) is 26.0. The number of carbonyl (C=O) groups excluding carboxylic acids is 2. The van der Waals surface area contributed by atoms with Gasteiger partial charge in [0.15, 0.2) is 0 Å². The Morgan fingerprint density at radius 2 is 1.71 bits per heavy atom. The highest BCUT2D eigenvalue weighted by Crippen LogP contribution is 2.14. The van der Waals surface area contributed by atoms with Crippen molar-refractivity contribution in [3.05, 3.63) is 59.3 Å². The van der Waals surface area contributed by atoms with E-state index >= 15 is 0 Å². The number of halogens is 5. The molecule has 1 aromatic heterocycles. The molecule has 0 aliphatic rings. The number of nitrogens with zero attached hydrogens (tertiary/aromatic N) is 1. The Labute approximate surface area is 200 Å². The lowest BCUT2D eigenvalue weighted by Crippen LogP contribution is -2.44. The van der Waals surface area contributed by atoms with E-state index in [0.717, 1.165) is 17.7 Å². The molecule has 2 amide bonds. The molecule has 0 bridgehead atoms. The van der Waals surface area contributed by atoms with E-state index < -0.39 is 42.2 Å². The van der Waals surface area contributed by atoms with Crippen LogP contribution in [-0.2, 0) is 22.4 Å². The second-order valence-corrected chi connectivity index (χ2v) is 8.34. The molecule has 11 heteroatoms. The van der Waals surface area contributed by atoms with Crippen LogP contribution in [0.2, 0.25) is 0 Å². The Hall–Kier alpha value is -3.08. The number of rotatable bonds is 12. The molecular formula is C24H29F5N4O2. The summed E-state index contributed by atoms with van der Waals surface area (Å²) in [5.41, 5.74) is 0.945. The molecule has 2 atom stereocenters. The zero-order valence-electron chi connectivity index (χ0n) is 19.5. The molecule has 6 nitrogen and oxygen atoms in total. The quantitative estimate of drug-likeness (QED) is 0.380. The summed E-state index contributed by atoms with van der Waals surface area (Å²) < 4.78 is 63.5. The molecule has 2 unspecified atom stereocenters. The van der Waals surface area contributed by atoms with Gasteiger partial charge in [-0.15, -0.1) is 0 Å². The van der Waals surface area contributed by atoms with Gasteiger partial charge in [0, 0.05) is 18.3 Å². The molecular weight excluding hydrogens is 471 g/mol. The Balaban J connectivity index is 1.88. The third-order valence-corrected chi connectivity index (χ3v) is 5.11. The van der Waals surface area contributed by atoms with Crippen molar-refractivity contribution in [2.75, 3.05) is 11.9 Å². The van der Waals surface area contributed by atoms with Crippen molar-refractivity contribution in [2.45, 2.75) is 64.2 Å². The van der Waals surface area contributed by atoms with Crippen LogP contribution in [0.25, 0.3) is 0 Å². The molecule has 0 fully saturated rings. The number of aryl methyl sites for hydroxylation is 1. The first kappa shape index (κ1) is 28.2. The van der Waals surface area contributed by atoms with Gasteiger partial charge < -0.3 is 16.0 Å². The number of aromatic nitrogens is 1. The molecule has 2 rings (SSSR count). The number of pyridine rings is 1. The van der Waals surface area contributed by atoms with Gasteiger partial charge in [0.25, 0.3) is 0 Å². The second kappa shape index (κ2) is 13.1. The topological polar surface area (TPSA) is 83.1 Å². The molecule has 1 heterocycles. The maximum absolute atomic E-state index is 13.3. The summed E-state index contributed by atoms with van der Waals surface area (Å²) in [5, 5.41) is 7.62. The number of anilines is 1. The van der Waals surface area contributed by atoms with E-state index in [1.165, 1.54) is 6.20 Å². The van der Waals surface area contributed by atoms with Crippen molar-refractivity contribution in [3.8, 4) is 0 Å². The van der Waals surface area contributed by atoms with Gasteiger partial charge in [-0.2, -0.15) is 13.2 Å². The van der Waals surface area contributed by atoms with Crippen LogP contribution in [0.4, 0.5) is 27.8 Å². The van der Waals surface area contributed by atoms with Crippen molar-refractivity contribution in [1.82, 2.24) is 15.6 Å². The summed E-state index contributed by atoms with van der Waals surface area (Å²) in [6, 6.07) is 4.89. The van der Waals surface area contributed by atoms with Crippen LogP contribution >= 0.6 is 0 Å². The summed E-state index contributed by atoms with van der Waals surface area (Å²) >= 11 is 0. The highest BCUT2D eigenvalue weighted by Gasteiger charge is 2.27. The maximum atomic E-state index is 13.3. The average molecular weight is 501 g/mol. The van der Waals surface area contributed by atoms with Gasteiger partial charge >= 0.3 is 6.18 Å². The molecule has 0 spiro atoms. The van der Waals surface area contributed by atoms with Gasteiger partial charge in [0.2, 0.25) is 11.8 Å². The van der Waals surface area contributed by atoms with Crippen LogP contribution in [0.3, 0.4) is 0 Å². The van der Waals surface area contributed by atoms with Crippen LogP contribution in [0.5, 0.6) is 0 Å². The van der Waals surface area contributed by atoms with Crippen molar-refractivity contribution in [2.24, 2.45) is 0 Å². The highest BCUT2D eigenvalue weighted by atomic mass is 19.4. The maximum Gasteiger partial charge on any atom is 0.401 e. The lowest BCUT2D eigenvalue weighted by molar-refractivity contribution is -0.126. The minimum Gasteiger partial charge on any atom is -0.344 e. The second-order valence-electron chi connectivity index (χ2n) is 8.34. The van der Waals surface area contributed by atoms with Crippen LogP contribution < -0.4 is 16.0 Å². The van der Waals surface area contributed by atoms with Gasteiger partial charge in [-0.1, -0.05) is 19.4 Å². The molecule has 0 saturated carbocycles. The molecule has 0 radical (unpaired) electrons. The van der Waals surface area contributed by atoms with Crippen molar-refractivity contribution in [3.63, 3.8) is 0 Å². The minimum absolute atomic E-state index is 0.149. The first-order chi connectivity index (χ1) is 16.4. The van der Waals surface area contributed by atoms with Crippen LogP contribution in [0.1, 0.15) is 44.2 Å². The number of amides is 2. The standard InChI is InChI=1S/C24H29F5N4O2/c1-3-4-20(32-22(34)11-17-9-18(25)12-19(26)10-17)23(35)33-21-8-7-16(13-30-21)6-5-15(2)31-14-24(27,28)29/h7-10,12-13,15,20,31H,3-6,11,14H2,1-2H3,(H,32,34)(H,30,33,35). The van der Waals surface area contributed by atoms with Crippen molar-refractivity contribution >= 4 is 17.6 Å². The van der Waals surface area contributed by atoms with E-state index in [1.54, 1.807) is 19.1 Å². The fraction of sp³-hybridized carbons (Fsp3) is 0.458. The summed E-state index contributed by atoms with van der Waals surface area (Å²) in [4.78, 5) is 29.2. The first-order valence-electron chi connectivity index (χ1n) is 11.3. The van der Waals surface area contributed by atoms with Gasteiger partial charge in [-0.25, -0.2) is 13.8 Å². The smallest absolute Gasteiger partial charge is 0.344 e. The normalized spacial score (nSPS) is 13.2. The van der Waals surface area contributed by atoms with Gasteiger partial charge in [-0.05, 0) is 55.5 Å². The van der Waals surface area contributed by atoms with E-state index in [1.807, 2.05) is 6.92 Å². The molecule has 192 valence electrons. The summed E-state index contributed by atoms with van der Waals surface area (Å²) in [7, 11) is 0. The lowest BCUT2D eigenvalue weighted by Gasteiger charge is -2.18. The number of benzene rings is 1. The SMILES string of the molecule is CCCC(NC(=O)Cc1cc(F)cc(F)c1)C(=O)Nc1ccc(CCC(C)NCC(F)(F)F)cn1. The molecule has 0 saturated heterocycles. The Morgan fingerprint density at radius 3 is 2.29 bits per heavy atom. The predicted molar refractivity (Wildman–Crippen MR) is 122 cm³/mol. The Bertz CT molecular complexity index is 963. The molecule has 0 aliphatic heterocycles. The van der Waals surface area contributed by atoms with E-state index in [-0.39, 0.29) is 23.8 Å². The molecule has 1 aromatic carbocycles. The molecule has 0 aliphatic carbocycles. The first-order valence-corrected chi connectivity index (χ1v) is 11.3. The van der Waals surface area contributed by atoms with Crippen LogP contribution in [0.15, 0.2) is 36.5 Å². The lowest BCUT2D eigenvalue weighted by atomic mass is 10.1. The fourth-order valence-corrected chi connectivity index (χ4v) is 3.34. The van der Waals surface area contributed by atoms with E-state index in [9.17, 15) is 31.5 Å². The van der Waals surface area contributed by atoms with Gasteiger partial charge in [-0.3, -0.25) is 9.59 Å². The van der Waals surface area contributed by atoms with Crippen molar-refractivity contribution in [1.29, 1.82) is 0 Å². The number of hydrogen-bond acceptors (Lipinski definition) is 4. The fourth-order valence-electron chi connectivity index (χ4n) is 3.34. The van der Waals surface area contributed by atoms with Crippen LogP contribution in [0, 0.1) is 11.6 Å². The number of alkyl halides is 3. The zero-order valence-corrected chi connectivity index (χ0v) is 19.5. The Morgan fingerprint density at radius 1 is 1.03 bits per heavy atom. The third kappa shape index (κ3) is 10.8. The largest absolute Gasteiger partial charge is 0.401 e. The molecule has 2 aromatic rings. The number of carbonyl (C=O) groups is 2. The van der Waals surface area contributed by atoms with Crippen molar-refractivity contribution < 1.29 is 31.5 Å². The van der Waals surface area contributed by atoms with E-state index in [2.05, 4.69) is 20.9 Å². The monoisotopic (exact) mass is 500 g/mol. The van der Waals surface area contributed by atoms with Crippen LogP contribution in [-0.4, -0.2) is 41.6 Å². The number of hydrogen-bond donors (Lipinski definition) is 3. The third-order valence-electron chi connectivity index (χ3n) is 5.11. The summed E-state index contributed by atoms with van der Waals surface area (Å²) in [6.07, 6.45) is -1.10. The molecule has 35 heavy (non-hydrogen) atoms. The summed E-state index contributed by atoms with van der Waals surface area (Å²) in [6.45, 7) is 2.46. The molecule has 3 N–H and O–H groups in total. The number of nitrogens with one attached hydrogen (secondary N) is 3. The predicted octanol–water partition coefficient (Wildman–Crippen LogP) is 4.30. The highest BCUT2D eigenvalue weighted by molar-refractivity contribution is 5.96.